The zero-order valence-corrected chi connectivity index (χ0v) is 17.4. The molecule has 0 radical (unpaired) electrons. The van der Waals surface area contributed by atoms with Gasteiger partial charge in [-0.25, -0.2) is 0 Å². The van der Waals surface area contributed by atoms with E-state index in [2.05, 4.69) is 36.9 Å². The molecule has 0 bridgehead atoms. The fraction of sp³-hybridized carbons (Fsp3) is 0.0833. The summed E-state index contributed by atoms with van der Waals surface area (Å²) in [6.07, 6.45) is 5.26. The van der Waals surface area contributed by atoms with Gasteiger partial charge in [0.15, 0.2) is 16.8 Å². The minimum atomic E-state index is 0.0576. The van der Waals surface area contributed by atoms with Gasteiger partial charge in [0, 0.05) is 40.6 Å². The van der Waals surface area contributed by atoms with Crippen molar-refractivity contribution >= 4 is 28.4 Å². The Hall–Kier alpha value is -3.71. The molecule has 5 aromatic rings. The number of thioether (sulfide) groups is 1. The Balaban J connectivity index is 1.43. The molecule has 3 heterocycles. The van der Waals surface area contributed by atoms with Crippen molar-refractivity contribution in [3.63, 3.8) is 0 Å². The van der Waals surface area contributed by atoms with E-state index >= 15 is 0 Å². The molecular formula is C24H19N5OS. The van der Waals surface area contributed by atoms with Crippen LogP contribution in [0.3, 0.4) is 0 Å². The average Bonchev–Trinajstić information content (AvgIpc) is 3.43. The van der Waals surface area contributed by atoms with Gasteiger partial charge >= 0.3 is 0 Å². The number of hydrogen-bond acceptors (Lipinski definition) is 5. The van der Waals surface area contributed by atoms with Crippen molar-refractivity contribution in [2.45, 2.75) is 11.7 Å². The molecule has 0 saturated heterocycles. The second kappa shape index (κ2) is 8.57. The summed E-state index contributed by atoms with van der Waals surface area (Å²) in [6.45, 7) is 0.620. The van der Waals surface area contributed by atoms with E-state index in [0.717, 1.165) is 27.9 Å². The molecule has 0 aliphatic carbocycles. The molecule has 0 fully saturated rings. The molecule has 2 aromatic carbocycles. The summed E-state index contributed by atoms with van der Waals surface area (Å²) in [5.41, 5.74) is 3.74. The Bertz CT molecular complexity index is 1330. The molecule has 31 heavy (non-hydrogen) atoms. The maximum atomic E-state index is 12.9. The first-order valence-corrected chi connectivity index (χ1v) is 10.9. The second-order valence-electron chi connectivity index (χ2n) is 7.07. The Labute approximate surface area is 183 Å². The van der Waals surface area contributed by atoms with E-state index in [-0.39, 0.29) is 11.5 Å². The summed E-state index contributed by atoms with van der Waals surface area (Å²) in [5, 5.41) is 10.5. The standard InChI is InChI=1S/C24H19N5OS/c30-22(20-14-26-21-9-5-4-8-19(20)21)16-31-24-28-27-23(18-10-12-25-13-11-18)29(24)15-17-6-2-1-3-7-17/h1-14,26H,15-16H2. The minimum Gasteiger partial charge on any atom is -0.360 e. The van der Waals surface area contributed by atoms with Crippen LogP contribution in [0, 0.1) is 0 Å². The normalized spacial score (nSPS) is 11.1. The van der Waals surface area contributed by atoms with Crippen LogP contribution in [-0.2, 0) is 6.54 Å². The lowest BCUT2D eigenvalue weighted by molar-refractivity contribution is 0.102. The lowest BCUT2D eigenvalue weighted by Crippen LogP contribution is -2.07. The Morgan fingerprint density at radius 1 is 0.935 bits per heavy atom. The summed E-state index contributed by atoms with van der Waals surface area (Å²) >= 11 is 1.41. The van der Waals surface area contributed by atoms with Gasteiger partial charge in [-0.1, -0.05) is 60.3 Å². The number of aromatic amines is 1. The van der Waals surface area contributed by atoms with Crippen LogP contribution < -0.4 is 0 Å². The topological polar surface area (TPSA) is 76.5 Å². The second-order valence-corrected chi connectivity index (χ2v) is 8.02. The zero-order valence-electron chi connectivity index (χ0n) is 16.6. The monoisotopic (exact) mass is 425 g/mol. The van der Waals surface area contributed by atoms with E-state index in [4.69, 9.17) is 0 Å². The van der Waals surface area contributed by atoms with Crippen LogP contribution >= 0.6 is 11.8 Å². The third-order valence-electron chi connectivity index (χ3n) is 5.06. The maximum Gasteiger partial charge on any atom is 0.192 e. The number of pyridine rings is 1. The van der Waals surface area contributed by atoms with Crippen LogP contribution in [0.15, 0.2) is 90.5 Å². The third-order valence-corrected chi connectivity index (χ3v) is 6.03. The molecule has 0 aliphatic heterocycles. The van der Waals surface area contributed by atoms with Crippen molar-refractivity contribution in [1.82, 2.24) is 24.7 Å². The summed E-state index contributed by atoms with van der Waals surface area (Å²) < 4.78 is 2.05. The fourth-order valence-corrected chi connectivity index (χ4v) is 4.35. The number of benzene rings is 2. The number of fused-ring (bicyclic) bond motifs is 1. The maximum absolute atomic E-state index is 12.9. The highest BCUT2D eigenvalue weighted by Crippen LogP contribution is 2.26. The molecule has 6 nitrogen and oxygen atoms in total. The number of carbonyl (C=O) groups is 1. The Kier molecular flexibility index (Phi) is 5.33. The number of nitrogens with one attached hydrogen (secondary N) is 1. The van der Waals surface area contributed by atoms with E-state index in [1.54, 1.807) is 18.6 Å². The molecule has 3 aromatic heterocycles. The van der Waals surface area contributed by atoms with Gasteiger partial charge < -0.3 is 4.98 Å². The quantitative estimate of drug-likeness (QED) is 0.298. The van der Waals surface area contributed by atoms with Gasteiger partial charge in [0.25, 0.3) is 0 Å². The number of ketones is 1. The van der Waals surface area contributed by atoms with Crippen molar-refractivity contribution in [3.05, 3.63) is 96.4 Å². The SMILES string of the molecule is O=C(CSc1nnc(-c2ccncc2)n1Cc1ccccc1)c1c[nH]c2ccccc12. The summed E-state index contributed by atoms with van der Waals surface area (Å²) in [5.74, 6) is 1.10. The smallest absolute Gasteiger partial charge is 0.192 e. The lowest BCUT2D eigenvalue weighted by atomic mass is 10.1. The third kappa shape index (κ3) is 4.00. The highest BCUT2D eigenvalue weighted by atomic mass is 32.2. The number of H-pyrrole nitrogens is 1. The number of hydrogen-bond donors (Lipinski definition) is 1. The number of Topliss-reactive ketones (excluding diaryl/α,β-unsaturated/α-hetero) is 1. The van der Waals surface area contributed by atoms with Gasteiger partial charge in [0.2, 0.25) is 0 Å². The molecule has 152 valence electrons. The van der Waals surface area contributed by atoms with Gasteiger partial charge in [0.05, 0.1) is 12.3 Å². The Morgan fingerprint density at radius 2 is 1.71 bits per heavy atom. The number of nitrogens with zero attached hydrogens (tertiary/aromatic N) is 4. The van der Waals surface area contributed by atoms with E-state index in [9.17, 15) is 4.79 Å². The van der Waals surface area contributed by atoms with E-state index in [1.165, 1.54) is 11.8 Å². The molecule has 5 rings (SSSR count). The number of carbonyl (C=O) groups excluding carboxylic acids is 1. The highest BCUT2D eigenvalue weighted by Gasteiger charge is 2.18. The number of rotatable bonds is 7. The molecule has 7 heteroatoms. The lowest BCUT2D eigenvalue weighted by Gasteiger charge is -2.10. The molecule has 1 N–H and O–H groups in total. The predicted octanol–water partition coefficient (Wildman–Crippen LogP) is 4.84. The molecule has 0 spiro atoms. The van der Waals surface area contributed by atoms with Crippen LogP contribution in [0.4, 0.5) is 0 Å². The van der Waals surface area contributed by atoms with Crippen LogP contribution in [0.2, 0.25) is 0 Å². The minimum absolute atomic E-state index is 0.0576. The van der Waals surface area contributed by atoms with Crippen LogP contribution in [0.1, 0.15) is 15.9 Å². The van der Waals surface area contributed by atoms with Crippen LogP contribution in [0.5, 0.6) is 0 Å². The molecule has 0 saturated carbocycles. The van der Waals surface area contributed by atoms with Crippen LogP contribution in [0.25, 0.3) is 22.3 Å². The first-order chi connectivity index (χ1) is 15.3. The van der Waals surface area contributed by atoms with Crippen molar-refractivity contribution in [2.75, 3.05) is 5.75 Å². The largest absolute Gasteiger partial charge is 0.360 e. The number of para-hydroxylation sites is 1. The molecule has 0 amide bonds. The Morgan fingerprint density at radius 3 is 2.55 bits per heavy atom. The summed E-state index contributed by atoms with van der Waals surface area (Å²) in [6, 6.07) is 21.8. The molecule has 0 atom stereocenters. The van der Waals surface area contributed by atoms with Gasteiger partial charge in [0.1, 0.15) is 0 Å². The molecular weight excluding hydrogens is 406 g/mol. The van der Waals surface area contributed by atoms with Gasteiger partial charge in [-0.05, 0) is 23.8 Å². The number of aromatic nitrogens is 5. The molecule has 0 unspecified atom stereocenters. The predicted molar refractivity (Wildman–Crippen MR) is 122 cm³/mol. The molecule has 0 aliphatic rings. The summed E-state index contributed by atoms with van der Waals surface area (Å²) in [7, 11) is 0. The first kappa shape index (κ1) is 19.3. The van der Waals surface area contributed by atoms with Gasteiger partial charge in [-0.3, -0.25) is 14.3 Å². The van der Waals surface area contributed by atoms with Crippen LogP contribution in [-0.4, -0.2) is 36.3 Å². The average molecular weight is 426 g/mol. The highest BCUT2D eigenvalue weighted by molar-refractivity contribution is 7.99. The van der Waals surface area contributed by atoms with E-state index < -0.39 is 0 Å². The summed E-state index contributed by atoms with van der Waals surface area (Å²) in [4.78, 5) is 20.2. The van der Waals surface area contributed by atoms with E-state index in [0.29, 0.717) is 17.3 Å². The van der Waals surface area contributed by atoms with Crippen molar-refractivity contribution in [3.8, 4) is 11.4 Å². The van der Waals surface area contributed by atoms with Gasteiger partial charge in [-0.15, -0.1) is 10.2 Å². The zero-order chi connectivity index (χ0) is 21.0. The van der Waals surface area contributed by atoms with Crippen molar-refractivity contribution < 1.29 is 4.79 Å². The van der Waals surface area contributed by atoms with Crippen molar-refractivity contribution in [2.24, 2.45) is 0 Å². The van der Waals surface area contributed by atoms with Crippen molar-refractivity contribution in [1.29, 1.82) is 0 Å². The fourth-order valence-electron chi connectivity index (χ4n) is 3.53. The van der Waals surface area contributed by atoms with E-state index in [1.807, 2.05) is 54.6 Å². The first-order valence-electron chi connectivity index (χ1n) is 9.89. The van der Waals surface area contributed by atoms with Gasteiger partial charge in [-0.2, -0.15) is 0 Å².